The number of carboxylic acids is 1. The van der Waals surface area contributed by atoms with Gasteiger partial charge in [0.05, 0.1) is 18.1 Å². The van der Waals surface area contributed by atoms with E-state index in [1.165, 1.54) is 19.2 Å². The van der Waals surface area contributed by atoms with E-state index in [0.29, 0.717) is 6.42 Å². The summed E-state index contributed by atoms with van der Waals surface area (Å²) in [6.45, 7) is 5.94. The second-order valence-corrected chi connectivity index (χ2v) is 8.10. The van der Waals surface area contributed by atoms with Gasteiger partial charge in [-0.15, -0.1) is 0 Å². The molecule has 166 valence electrons. The maximum atomic E-state index is 12.5. The first-order valence-electron chi connectivity index (χ1n) is 9.84. The van der Waals surface area contributed by atoms with E-state index in [0.717, 1.165) is 57.4 Å². The molecule has 0 radical (unpaired) electrons. The average molecular weight is 430 g/mol. The van der Waals surface area contributed by atoms with Gasteiger partial charge in [-0.25, -0.2) is 14.8 Å². The van der Waals surface area contributed by atoms with E-state index in [4.69, 9.17) is 14.6 Å². The third kappa shape index (κ3) is 5.66. The number of hydrogen-bond acceptors (Lipinski definition) is 6. The molecule has 1 unspecified atom stereocenters. The largest absolute Gasteiger partial charge is 0.490 e. The normalized spacial score (nSPS) is 25.4. The molecule has 4 rings (SSSR count). The zero-order valence-corrected chi connectivity index (χ0v) is 16.5. The summed E-state index contributed by atoms with van der Waals surface area (Å²) in [5, 5.41) is 7.12. The standard InChI is InChI=1S/C17H24N4O2.C2HF3O2/c22-16-7-17(12-21(16)15-8-18-13-19-9-15)3-4-20(11-17)10-14-1-5-23-6-2-14;3-2(4,5)1(6)7/h8-9,13-14H,1-7,10-12H2;(H,6,7). The lowest BCUT2D eigenvalue weighted by Crippen LogP contribution is -2.34. The minimum Gasteiger partial charge on any atom is -0.475 e. The fourth-order valence-electron chi connectivity index (χ4n) is 4.31. The van der Waals surface area contributed by atoms with Crippen molar-refractivity contribution in [3.63, 3.8) is 0 Å². The van der Waals surface area contributed by atoms with E-state index in [1.54, 1.807) is 12.4 Å². The number of likely N-dealkylation sites (tertiary alicyclic amines) is 1. The summed E-state index contributed by atoms with van der Waals surface area (Å²) in [7, 11) is 0. The molecule has 0 aromatic carbocycles. The molecule has 3 aliphatic rings. The molecular weight excluding hydrogens is 405 g/mol. The predicted molar refractivity (Wildman–Crippen MR) is 99.7 cm³/mol. The number of amides is 1. The van der Waals surface area contributed by atoms with Crippen molar-refractivity contribution >= 4 is 17.6 Å². The van der Waals surface area contributed by atoms with Gasteiger partial charge in [0.25, 0.3) is 0 Å². The molecule has 8 nitrogen and oxygen atoms in total. The van der Waals surface area contributed by atoms with Gasteiger partial charge >= 0.3 is 12.1 Å². The minimum absolute atomic E-state index is 0.123. The highest BCUT2D eigenvalue weighted by atomic mass is 19.4. The highest BCUT2D eigenvalue weighted by Gasteiger charge is 2.48. The van der Waals surface area contributed by atoms with Gasteiger partial charge in [0.2, 0.25) is 5.91 Å². The van der Waals surface area contributed by atoms with Crippen molar-refractivity contribution in [2.75, 3.05) is 44.3 Å². The van der Waals surface area contributed by atoms with Gasteiger partial charge in [-0.1, -0.05) is 0 Å². The monoisotopic (exact) mass is 430 g/mol. The second-order valence-electron chi connectivity index (χ2n) is 8.10. The molecule has 3 fully saturated rings. The number of carboxylic acid groups (broad SMARTS) is 1. The summed E-state index contributed by atoms with van der Waals surface area (Å²) in [4.78, 5) is 33.9. The van der Waals surface area contributed by atoms with Crippen molar-refractivity contribution in [3.8, 4) is 0 Å². The van der Waals surface area contributed by atoms with Gasteiger partial charge in [0.1, 0.15) is 6.33 Å². The van der Waals surface area contributed by atoms with Crippen molar-refractivity contribution in [1.82, 2.24) is 14.9 Å². The number of carbonyl (C=O) groups is 2. The number of anilines is 1. The molecule has 3 aliphatic heterocycles. The Labute approximate surface area is 172 Å². The van der Waals surface area contributed by atoms with Crippen molar-refractivity contribution < 1.29 is 32.6 Å². The van der Waals surface area contributed by atoms with Crippen LogP contribution in [0.25, 0.3) is 0 Å². The summed E-state index contributed by atoms with van der Waals surface area (Å²) < 4.78 is 37.2. The number of hydrogen-bond donors (Lipinski definition) is 1. The van der Waals surface area contributed by atoms with Crippen molar-refractivity contribution in [3.05, 3.63) is 18.7 Å². The lowest BCUT2D eigenvalue weighted by Gasteiger charge is -2.28. The van der Waals surface area contributed by atoms with Gasteiger partial charge in [0, 0.05) is 44.7 Å². The van der Waals surface area contributed by atoms with E-state index in [2.05, 4.69) is 14.9 Å². The van der Waals surface area contributed by atoms with Crippen LogP contribution >= 0.6 is 0 Å². The number of aromatic nitrogens is 2. The van der Waals surface area contributed by atoms with E-state index in [1.807, 2.05) is 4.90 Å². The highest BCUT2D eigenvalue weighted by molar-refractivity contribution is 5.96. The molecule has 1 amide bonds. The Hall–Kier alpha value is -2.27. The SMILES string of the molecule is O=C(O)C(F)(F)F.O=C1CC2(CCN(CC3CCOCC3)C2)CN1c1cncnc1. The second kappa shape index (κ2) is 9.25. The summed E-state index contributed by atoms with van der Waals surface area (Å²) in [5.74, 6) is -1.78. The first kappa shape index (κ1) is 22.4. The molecule has 0 saturated carbocycles. The smallest absolute Gasteiger partial charge is 0.475 e. The fourth-order valence-corrected chi connectivity index (χ4v) is 4.31. The summed E-state index contributed by atoms with van der Waals surface area (Å²) in [5.41, 5.74) is 0.954. The molecular formula is C19H25F3N4O4. The first-order valence-corrected chi connectivity index (χ1v) is 9.84. The maximum Gasteiger partial charge on any atom is 0.490 e. The van der Waals surface area contributed by atoms with E-state index >= 15 is 0 Å². The van der Waals surface area contributed by atoms with Crippen LogP contribution in [-0.2, 0) is 14.3 Å². The maximum absolute atomic E-state index is 12.5. The van der Waals surface area contributed by atoms with E-state index < -0.39 is 12.1 Å². The third-order valence-electron chi connectivity index (χ3n) is 5.80. The summed E-state index contributed by atoms with van der Waals surface area (Å²) >= 11 is 0. The number of carbonyl (C=O) groups excluding carboxylic acids is 1. The molecule has 1 atom stereocenters. The van der Waals surface area contributed by atoms with Crippen molar-refractivity contribution in [2.24, 2.45) is 11.3 Å². The number of alkyl halides is 3. The highest BCUT2D eigenvalue weighted by Crippen LogP contribution is 2.42. The molecule has 1 aromatic rings. The Morgan fingerprint density at radius 3 is 2.47 bits per heavy atom. The average Bonchev–Trinajstić information content (AvgIpc) is 3.25. The Morgan fingerprint density at radius 1 is 1.23 bits per heavy atom. The van der Waals surface area contributed by atoms with E-state index in [-0.39, 0.29) is 11.3 Å². The quantitative estimate of drug-likeness (QED) is 0.783. The van der Waals surface area contributed by atoms with Crippen molar-refractivity contribution in [1.29, 1.82) is 0 Å². The minimum atomic E-state index is -5.08. The summed E-state index contributed by atoms with van der Waals surface area (Å²) in [6.07, 6.45) is 4.02. The van der Waals surface area contributed by atoms with Crippen LogP contribution in [0.3, 0.4) is 0 Å². The van der Waals surface area contributed by atoms with Crippen LogP contribution in [0.4, 0.5) is 18.9 Å². The molecule has 1 aromatic heterocycles. The number of ether oxygens (including phenoxy) is 1. The molecule has 3 saturated heterocycles. The zero-order chi connectivity index (χ0) is 21.8. The number of halogens is 3. The fraction of sp³-hybridized carbons (Fsp3) is 0.684. The van der Waals surface area contributed by atoms with Crippen LogP contribution in [-0.4, -0.2) is 77.4 Å². The molecule has 4 heterocycles. The Morgan fingerprint density at radius 2 is 1.87 bits per heavy atom. The molecule has 1 spiro atoms. The van der Waals surface area contributed by atoms with Crippen LogP contribution < -0.4 is 4.90 Å². The van der Waals surface area contributed by atoms with Crippen LogP contribution in [0.5, 0.6) is 0 Å². The van der Waals surface area contributed by atoms with Crippen LogP contribution in [0.15, 0.2) is 18.7 Å². The van der Waals surface area contributed by atoms with Gasteiger partial charge in [-0.3, -0.25) is 4.79 Å². The number of aliphatic carboxylic acids is 1. The summed E-state index contributed by atoms with van der Waals surface area (Å²) in [6, 6.07) is 0. The molecule has 30 heavy (non-hydrogen) atoms. The molecule has 0 bridgehead atoms. The lowest BCUT2D eigenvalue weighted by atomic mass is 9.86. The lowest BCUT2D eigenvalue weighted by molar-refractivity contribution is -0.192. The van der Waals surface area contributed by atoms with Crippen LogP contribution in [0.1, 0.15) is 25.7 Å². The van der Waals surface area contributed by atoms with Crippen molar-refractivity contribution in [2.45, 2.75) is 31.9 Å². The number of nitrogens with zero attached hydrogens (tertiary/aromatic N) is 4. The van der Waals surface area contributed by atoms with Gasteiger partial charge in [-0.05, 0) is 31.7 Å². The Bertz CT molecular complexity index is 743. The third-order valence-corrected chi connectivity index (χ3v) is 5.80. The molecule has 1 N–H and O–H groups in total. The first-order chi connectivity index (χ1) is 14.2. The Balaban J connectivity index is 0.000000318. The van der Waals surface area contributed by atoms with Crippen LogP contribution in [0, 0.1) is 11.3 Å². The Kier molecular flexibility index (Phi) is 6.91. The molecule has 0 aliphatic carbocycles. The van der Waals surface area contributed by atoms with Gasteiger partial charge in [-0.2, -0.15) is 13.2 Å². The van der Waals surface area contributed by atoms with E-state index in [9.17, 15) is 18.0 Å². The van der Waals surface area contributed by atoms with Gasteiger partial charge in [0.15, 0.2) is 0 Å². The van der Waals surface area contributed by atoms with Gasteiger partial charge < -0.3 is 19.6 Å². The zero-order valence-electron chi connectivity index (χ0n) is 16.5. The van der Waals surface area contributed by atoms with Crippen LogP contribution in [0.2, 0.25) is 0 Å². The predicted octanol–water partition coefficient (Wildman–Crippen LogP) is 1.97. The molecule has 11 heteroatoms. The topological polar surface area (TPSA) is 95.9 Å². The number of rotatable bonds is 3.